The van der Waals surface area contributed by atoms with Crippen molar-refractivity contribution < 1.29 is 19.1 Å². The maximum Gasteiger partial charge on any atom is 0.339 e. The van der Waals surface area contributed by atoms with Gasteiger partial charge in [0.1, 0.15) is 5.75 Å². The molecule has 2 rings (SSSR count). The number of aryl methyl sites for hydroxylation is 1. The minimum Gasteiger partial charge on any atom is -0.494 e. The van der Waals surface area contributed by atoms with E-state index in [2.05, 4.69) is 10.6 Å². The third-order valence-electron chi connectivity index (χ3n) is 3.48. The van der Waals surface area contributed by atoms with Gasteiger partial charge in [-0.15, -0.1) is 0 Å². The van der Waals surface area contributed by atoms with E-state index in [4.69, 9.17) is 9.47 Å². The van der Waals surface area contributed by atoms with Crippen LogP contribution in [0.25, 0.3) is 0 Å². The average molecular weight is 342 g/mol. The Hall–Kier alpha value is -3.02. The number of ether oxygens (including phenoxy) is 2. The fourth-order valence-electron chi connectivity index (χ4n) is 2.15. The van der Waals surface area contributed by atoms with Crippen molar-refractivity contribution in [2.24, 2.45) is 0 Å². The third kappa shape index (κ3) is 5.84. The zero-order valence-corrected chi connectivity index (χ0v) is 14.4. The molecule has 0 aromatic heterocycles. The highest BCUT2D eigenvalue weighted by atomic mass is 16.5. The van der Waals surface area contributed by atoms with Gasteiger partial charge in [-0.05, 0) is 37.6 Å². The number of anilines is 1. The fourth-order valence-corrected chi connectivity index (χ4v) is 2.15. The molecule has 0 saturated carbocycles. The summed E-state index contributed by atoms with van der Waals surface area (Å²) in [6.07, 6.45) is 0.667. The predicted molar refractivity (Wildman–Crippen MR) is 96.1 cm³/mol. The number of rotatable bonds is 7. The van der Waals surface area contributed by atoms with Crippen LogP contribution in [0.1, 0.15) is 22.3 Å². The first-order valence-electron chi connectivity index (χ1n) is 8.02. The summed E-state index contributed by atoms with van der Waals surface area (Å²) in [5.41, 5.74) is 1.89. The SMILES string of the molecule is COC(=O)c1ccccc1NC(=O)NCCCOc1ccc(C)cc1. The molecule has 2 aromatic carbocycles. The van der Waals surface area contributed by atoms with E-state index in [9.17, 15) is 9.59 Å². The first-order chi connectivity index (χ1) is 12.1. The van der Waals surface area contributed by atoms with Crippen LogP contribution >= 0.6 is 0 Å². The van der Waals surface area contributed by atoms with Crippen LogP contribution in [0.4, 0.5) is 10.5 Å². The second kappa shape index (κ2) is 9.32. The van der Waals surface area contributed by atoms with E-state index in [1.165, 1.54) is 12.7 Å². The lowest BCUT2D eigenvalue weighted by Crippen LogP contribution is -2.30. The lowest BCUT2D eigenvalue weighted by molar-refractivity contribution is 0.0602. The summed E-state index contributed by atoms with van der Waals surface area (Å²) < 4.78 is 10.3. The number of esters is 1. The first-order valence-corrected chi connectivity index (χ1v) is 8.02. The lowest BCUT2D eigenvalue weighted by Gasteiger charge is -2.11. The summed E-state index contributed by atoms with van der Waals surface area (Å²) in [6.45, 7) is 2.98. The summed E-state index contributed by atoms with van der Waals surface area (Å²) in [5, 5.41) is 5.38. The molecule has 6 nitrogen and oxygen atoms in total. The van der Waals surface area contributed by atoms with Crippen molar-refractivity contribution in [2.45, 2.75) is 13.3 Å². The van der Waals surface area contributed by atoms with Crippen LogP contribution in [-0.4, -0.2) is 32.3 Å². The minimum absolute atomic E-state index is 0.308. The number of nitrogens with one attached hydrogen (secondary N) is 2. The van der Waals surface area contributed by atoms with E-state index < -0.39 is 5.97 Å². The zero-order valence-electron chi connectivity index (χ0n) is 14.4. The highest BCUT2D eigenvalue weighted by Gasteiger charge is 2.12. The molecular formula is C19H22N2O4. The van der Waals surface area contributed by atoms with Crippen LogP contribution in [0.3, 0.4) is 0 Å². The molecule has 2 aromatic rings. The maximum absolute atomic E-state index is 11.9. The van der Waals surface area contributed by atoms with Gasteiger partial charge in [0.15, 0.2) is 0 Å². The highest BCUT2D eigenvalue weighted by Crippen LogP contribution is 2.15. The number of carbonyl (C=O) groups excluding carboxylic acids is 2. The number of hydrogen-bond donors (Lipinski definition) is 2. The van der Waals surface area contributed by atoms with Gasteiger partial charge in [-0.3, -0.25) is 0 Å². The van der Waals surface area contributed by atoms with Gasteiger partial charge in [0.2, 0.25) is 0 Å². The molecule has 0 radical (unpaired) electrons. The predicted octanol–water partition coefficient (Wildman–Crippen LogP) is 3.37. The van der Waals surface area contributed by atoms with Gasteiger partial charge >= 0.3 is 12.0 Å². The number of carbonyl (C=O) groups is 2. The van der Waals surface area contributed by atoms with E-state index in [-0.39, 0.29) is 6.03 Å². The molecule has 0 aliphatic heterocycles. The smallest absolute Gasteiger partial charge is 0.339 e. The second-order valence-electron chi connectivity index (χ2n) is 5.43. The molecule has 0 heterocycles. The molecule has 6 heteroatoms. The number of methoxy groups -OCH3 is 1. The number of benzene rings is 2. The summed E-state index contributed by atoms with van der Waals surface area (Å²) >= 11 is 0. The van der Waals surface area contributed by atoms with Crippen molar-refractivity contribution in [3.05, 3.63) is 59.7 Å². The molecule has 0 bridgehead atoms. The number of para-hydroxylation sites is 1. The van der Waals surface area contributed by atoms with Gasteiger partial charge in [-0.1, -0.05) is 29.8 Å². The Kier molecular flexibility index (Phi) is 6.83. The summed E-state index contributed by atoms with van der Waals surface area (Å²) in [6, 6.07) is 14.1. The Morgan fingerprint density at radius 3 is 2.48 bits per heavy atom. The van der Waals surface area contributed by atoms with Gasteiger partial charge in [-0.2, -0.15) is 0 Å². The van der Waals surface area contributed by atoms with Crippen LogP contribution in [0.15, 0.2) is 48.5 Å². The van der Waals surface area contributed by atoms with Gasteiger partial charge < -0.3 is 20.1 Å². The van der Waals surface area contributed by atoms with Crippen LogP contribution < -0.4 is 15.4 Å². The monoisotopic (exact) mass is 342 g/mol. The highest BCUT2D eigenvalue weighted by molar-refractivity contribution is 6.00. The first kappa shape index (κ1) is 18.3. The van der Waals surface area contributed by atoms with Gasteiger partial charge in [0, 0.05) is 6.54 Å². The second-order valence-corrected chi connectivity index (χ2v) is 5.43. The molecule has 0 spiro atoms. The van der Waals surface area contributed by atoms with Gasteiger partial charge in [-0.25, -0.2) is 9.59 Å². The Morgan fingerprint density at radius 1 is 1.04 bits per heavy atom. The maximum atomic E-state index is 11.9. The van der Waals surface area contributed by atoms with Crippen LogP contribution in [0.2, 0.25) is 0 Å². The Bertz CT molecular complexity index is 714. The van der Waals surface area contributed by atoms with Crippen molar-refractivity contribution in [1.29, 1.82) is 0 Å². The van der Waals surface area contributed by atoms with Crippen LogP contribution in [0.5, 0.6) is 5.75 Å². The molecule has 132 valence electrons. The topological polar surface area (TPSA) is 76.7 Å². The lowest BCUT2D eigenvalue weighted by atomic mass is 10.2. The van der Waals surface area contributed by atoms with Crippen molar-refractivity contribution >= 4 is 17.7 Å². The normalized spacial score (nSPS) is 10.0. The number of urea groups is 1. The van der Waals surface area contributed by atoms with Gasteiger partial charge in [0.25, 0.3) is 0 Å². The largest absolute Gasteiger partial charge is 0.494 e. The van der Waals surface area contributed by atoms with Crippen molar-refractivity contribution in [3.8, 4) is 5.75 Å². The summed E-state index contributed by atoms with van der Waals surface area (Å²) in [7, 11) is 1.30. The molecule has 2 amide bonds. The van der Waals surface area contributed by atoms with E-state index in [0.29, 0.717) is 30.8 Å². The van der Waals surface area contributed by atoms with E-state index in [1.54, 1.807) is 24.3 Å². The third-order valence-corrected chi connectivity index (χ3v) is 3.48. The number of hydrogen-bond acceptors (Lipinski definition) is 4. The average Bonchev–Trinajstić information content (AvgIpc) is 2.63. The van der Waals surface area contributed by atoms with E-state index >= 15 is 0 Å². The fraction of sp³-hybridized carbons (Fsp3) is 0.263. The quantitative estimate of drug-likeness (QED) is 0.597. The van der Waals surface area contributed by atoms with E-state index in [0.717, 1.165) is 5.75 Å². The molecule has 2 N–H and O–H groups in total. The summed E-state index contributed by atoms with van der Waals surface area (Å²) in [5.74, 6) is 0.310. The minimum atomic E-state index is -0.498. The van der Waals surface area contributed by atoms with Crippen molar-refractivity contribution in [2.75, 3.05) is 25.6 Å². The molecule has 0 fully saturated rings. The molecule has 0 aliphatic carbocycles. The summed E-state index contributed by atoms with van der Waals surface area (Å²) in [4.78, 5) is 23.6. The van der Waals surface area contributed by atoms with Crippen molar-refractivity contribution in [3.63, 3.8) is 0 Å². The standard InChI is InChI=1S/C19H22N2O4/c1-14-8-10-15(11-9-14)25-13-5-12-20-19(23)21-17-7-4-3-6-16(17)18(22)24-2/h3-4,6-11H,5,12-13H2,1-2H3,(H2,20,21,23). The van der Waals surface area contributed by atoms with Crippen LogP contribution in [0, 0.1) is 6.92 Å². The van der Waals surface area contributed by atoms with Crippen LogP contribution in [-0.2, 0) is 4.74 Å². The zero-order chi connectivity index (χ0) is 18.1. The molecule has 0 unspecified atom stereocenters. The Labute approximate surface area is 147 Å². The van der Waals surface area contributed by atoms with Crippen molar-refractivity contribution in [1.82, 2.24) is 5.32 Å². The van der Waals surface area contributed by atoms with E-state index in [1.807, 2.05) is 31.2 Å². The Balaban J connectivity index is 1.72. The molecular weight excluding hydrogens is 320 g/mol. The molecule has 0 saturated heterocycles. The molecule has 0 aliphatic rings. The number of amides is 2. The molecule has 0 atom stereocenters. The molecule has 25 heavy (non-hydrogen) atoms. The Morgan fingerprint density at radius 2 is 1.76 bits per heavy atom. The van der Waals surface area contributed by atoms with Gasteiger partial charge in [0.05, 0.1) is 25.0 Å².